The molecule has 0 aromatic heterocycles. The molecular weight excluding hydrogens is 431 g/mol. The number of rotatable bonds is 14. The number of nitrogens with one attached hydrogen (secondary N) is 1. The summed E-state index contributed by atoms with van der Waals surface area (Å²) in [7, 11) is -3.80. The van der Waals surface area contributed by atoms with E-state index in [1.54, 1.807) is 0 Å². The Hall–Kier alpha value is -1.96. The Morgan fingerprint density at radius 2 is 1.66 bits per heavy atom. The van der Waals surface area contributed by atoms with Crippen LogP contribution in [0.3, 0.4) is 0 Å². The fraction of sp³-hybridized carbons (Fsp3) is 0.667. The lowest BCUT2D eigenvalue weighted by Gasteiger charge is -2.30. The van der Waals surface area contributed by atoms with E-state index in [1.807, 2.05) is 13.8 Å². The van der Waals surface area contributed by atoms with Gasteiger partial charge in [-0.2, -0.15) is 0 Å². The first-order valence-electron chi connectivity index (χ1n) is 11.8. The van der Waals surface area contributed by atoms with Gasteiger partial charge in [0.1, 0.15) is 11.7 Å². The largest absolute Gasteiger partial charge is 0.309 e. The molecule has 6 nitrogen and oxygen atoms in total. The highest BCUT2D eigenvalue weighted by atomic mass is 32.2. The predicted molar refractivity (Wildman–Crippen MR) is 125 cm³/mol. The third-order valence-electron chi connectivity index (χ3n) is 5.76. The van der Waals surface area contributed by atoms with Crippen LogP contribution in [0.2, 0.25) is 0 Å². The molecule has 1 fully saturated rings. The van der Waals surface area contributed by atoms with Gasteiger partial charge < -0.3 is 4.90 Å². The summed E-state index contributed by atoms with van der Waals surface area (Å²) >= 11 is 0. The Morgan fingerprint density at radius 3 is 2.22 bits per heavy atom. The van der Waals surface area contributed by atoms with Gasteiger partial charge in [-0.1, -0.05) is 51.9 Å². The smallest absolute Gasteiger partial charge is 0.246 e. The molecule has 0 aliphatic heterocycles. The van der Waals surface area contributed by atoms with Gasteiger partial charge in [0.15, 0.2) is 0 Å². The van der Waals surface area contributed by atoms with Crippen LogP contribution in [0.5, 0.6) is 0 Å². The highest BCUT2D eigenvalue weighted by Crippen LogP contribution is 2.36. The van der Waals surface area contributed by atoms with E-state index in [4.69, 9.17) is 0 Å². The van der Waals surface area contributed by atoms with Gasteiger partial charge >= 0.3 is 0 Å². The van der Waals surface area contributed by atoms with Gasteiger partial charge in [0.25, 0.3) is 0 Å². The first-order chi connectivity index (χ1) is 15.1. The SMILES string of the molecule is CCCCCCCCS(=O)(=O)NC(=O)C(CC1CC1)C(=O)N(c1ccc(F)cc1)C(C)C. The van der Waals surface area contributed by atoms with Crippen molar-refractivity contribution in [3.8, 4) is 0 Å². The van der Waals surface area contributed by atoms with Crippen molar-refractivity contribution < 1.29 is 22.4 Å². The zero-order valence-electron chi connectivity index (χ0n) is 19.5. The minimum Gasteiger partial charge on any atom is -0.309 e. The lowest BCUT2D eigenvalue weighted by Crippen LogP contribution is -2.48. The molecule has 2 rings (SSSR count). The first kappa shape index (κ1) is 26.3. The third kappa shape index (κ3) is 8.52. The Bertz CT molecular complexity index is 851. The molecule has 1 atom stereocenters. The zero-order valence-corrected chi connectivity index (χ0v) is 20.3. The van der Waals surface area contributed by atoms with Crippen LogP contribution in [0.4, 0.5) is 10.1 Å². The maximum absolute atomic E-state index is 13.4. The second kappa shape index (κ2) is 12.3. The molecule has 0 heterocycles. The minimum absolute atomic E-state index is 0.124. The summed E-state index contributed by atoms with van der Waals surface area (Å²) in [5, 5.41) is 0. The summed E-state index contributed by atoms with van der Waals surface area (Å²) in [5.41, 5.74) is 0.481. The molecular formula is C24H37FN2O4S. The van der Waals surface area contributed by atoms with Crippen molar-refractivity contribution in [2.75, 3.05) is 10.7 Å². The standard InChI is InChI=1S/C24H37FN2O4S/c1-4-5-6-7-8-9-16-32(30,31)26-23(28)22(17-19-10-11-19)24(29)27(18(2)3)21-14-12-20(25)13-15-21/h12-15,18-19,22H,4-11,16-17H2,1-3H3,(H,26,28). The van der Waals surface area contributed by atoms with Crippen molar-refractivity contribution in [2.45, 2.75) is 84.6 Å². The Labute approximate surface area is 192 Å². The third-order valence-corrected chi connectivity index (χ3v) is 7.10. The molecule has 1 aliphatic carbocycles. The lowest BCUT2D eigenvalue weighted by atomic mass is 9.98. The molecule has 1 aliphatic rings. The first-order valence-corrected chi connectivity index (χ1v) is 13.4. The molecule has 0 saturated heterocycles. The fourth-order valence-electron chi connectivity index (χ4n) is 3.80. The molecule has 1 aromatic rings. The number of carbonyl (C=O) groups excluding carboxylic acids is 2. The van der Waals surface area contributed by atoms with Crippen molar-refractivity contribution in [1.29, 1.82) is 0 Å². The number of anilines is 1. The Balaban J connectivity index is 2.07. The van der Waals surface area contributed by atoms with E-state index in [9.17, 15) is 22.4 Å². The molecule has 180 valence electrons. The maximum atomic E-state index is 13.4. The van der Waals surface area contributed by atoms with Crippen molar-refractivity contribution in [3.63, 3.8) is 0 Å². The molecule has 1 aromatic carbocycles. The number of carbonyl (C=O) groups is 2. The minimum atomic E-state index is -3.80. The molecule has 8 heteroatoms. The van der Waals surface area contributed by atoms with Crippen LogP contribution in [-0.4, -0.2) is 32.0 Å². The van der Waals surface area contributed by atoms with Gasteiger partial charge in [-0.3, -0.25) is 14.3 Å². The van der Waals surface area contributed by atoms with E-state index in [2.05, 4.69) is 11.6 Å². The van der Waals surface area contributed by atoms with E-state index in [0.717, 1.165) is 44.9 Å². The van der Waals surface area contributed by atoms with Gasteiger partial charge in [0.2, 0.25) is 21.8 Å². The summed E-state index contributed by atoms with van der Waals surface area (Å²) in [4.78, 5) is 27.8. The van der Waals surface area contributed by atoms with Crippen LogP contribution in [0.1, 0.15) is 78.6 Å². The van der Waals surface area contributed by atoms with Crippen molar-refractivity contribution >= 4 is 27.5 Å². The van der Waals surface area contributed by atoms with Gasteiger partial charge in [0, 0.05) is 11.7 Å². The number of hydrogen-bond acceptors (Lipinski definition) is 4. The molecule has 0 spiro atoms. The van der Waals surface area contributed by atoms with Crippen LogP contribution in [0.15, 0.2) is 24.3 Å². The summed E-state index contributed by atoms with van der Waals surface area (Å²) in [6.07, 6.45) is 7.77. The highest BCUT2D eigenvalue weighted by molar-refractivity contribution is 7.90. The van der Waals surface area contributed by atoms with Gasteiger partial charge in [0.05, 0.1) is 5.75 Å². The summed E-state index contributed by atoms with van der Waals surface area (Å²) in [5.74, 6) is -2.60. The number of amides is 2. The van der Waals surface area contributed by atoms with Crippen molar-refractivity contribution in [3.05, 3.63) is 30.1 Å². The normalized spacial score (nSPS) is 14.9. The highest BCUT2D eigenvalue weighted by Gasteiger charge is 2.38. The average Bonchev–Trinajstić information content (AvgIpc) is 3.54. The molecule has 32 heavy (non-hydrogen) atoms. The number of hydrogen-bond donors (Lipinski definition) is 1. The Morgan fingerprint density at radius 1 is 1.06 bits per heavy atom. The quantitative estimate of drug-likeness (QED) is 0.314. The zero-order chi connectivity index (χ0) is 23.7. The fourth-order valence-corrected chi connectivity index (χ4v) is 4.94. The van der Waals surface area contributed by atoms with E-state index in [-0.39, 0.29) is 17.7 Å². The van der Waals surface area contributed by atoms with E-state index < -0.39 is 33.6 Å². The number of benzene rings is 1. The molecule has 1 unspecified atom stereocenters. The van der Waals surface area contributed by atoms with E-state index in [0.29, 0.717) is 18.5 Å². The molecule has 1 N–H and O–H groups in total. The predicted octanol–water partition coefficient (Wildman–Crippen LogP) is 4.79. The number of nitrogens with zero attached hydrogens (tertiary/aromatic N) is 1. The topological polar surface area (TPSA) is 83.5 Å². The molecule has 1 saturated carbocycles. The van der Waals surface area contributed by atoms with Crippen LogP contribution < -0.4 is 9.62 Å². The summed E-state index contributed by atoms with van der Waals surface area (Å²) in [6.45, 7) is 5.74. The molecule has 0 radical (unpaired) electrons. The van der Waals surface area contributed by atoms with Crippen LogP contribution in [0, 0.1) is 17.7 Å². The molecule has 2 amide bonds. The second-order valence-electron chi connectivity index (χ2n) is 9.06. The summed E-state index contributed by atoms with van der Waals surface area (Å²) < 4.78 is 40.5. The van der Waals surface area contributed by atoms with Gasteiger partial charge in [-0.15, -0.1) is 0 Å². The number of halogens is 1. The second-order valence-corrected chi connectivity index (χ2v) is 10.9. The van der Waals surface area contributed by atoms with Gasteiger partial charge in [-0.25, -0.2) is 12.8 Å². The summed E-state index contributed by atoms with van der Waals surface area (Å²) in [6, 6.07) is 5.24. The number of unbranched alkanes of at least 4 members (excludes halogenated alkanes) is 5. The van der Waals surface area contributed by atoms with E-state index >= 15 is 0 Å². The van der Waals surface area contributed by atoms with Crippen LogP contribution >= 0.6 is 0 Å². The van der Waals surface area contributed by atoms with Crippen LogP contribution in [-0.2, 0) is 19.6 Å². The molecule has 0 bridgehead atoms. The van der Waals surface area contributed by atoms with Crippen molar-refractivity contribution in [2.24, 2.45) is 11.8 Å². The maximum Gasteiger partial charge on any atom is 0.246 e. The lowest BCUT2D eigenvalue weighted by molar-refractivity contribution is -0.133. The van der Waals surface area contributed by atoms with Gasteiger partial charge in [-0.05, 0) is 56.9 Å². The Kier molecular flexibility index (Phi) is 10.1. The van der Waals surface area contributed by atoms with Crippen molar-refractivity contribution in [1.82, 2.24) is 4.72 Å². The van der Waals surface area contributed by atoms with E-state index in [1.165, 1.54) is 29.2 Å². The monoisotopic (exact) mass is 468 g/mol. The average molecular weight is 469 g/mol. The van der Waals surface area contributed by atoms with Crippen LogP contribution in [0.25, 0.3) is 0 Å². The number of sulfonamides is 1.